The first-order valence-corrected chi connectivity index (χ1v) is 6.91. The van der Waals surface area contributed by atoms with Crippen LogP contribution < -0.4 is 0 Å². The van der Waals surface area contributed by atoms with Crippen molar-refractivity contribution in [2.24, 2.45) is 0 Å². The van der Waals surface area contributed by atoms with Crippen LogP contribution in [0.25, 0.3) is 5.69 Å². The molecule has 1 heterocycles. The van der Waals surface area contributed by atoms with E-state index < -0.39 is 5.97 Å². The van der Waals surface area contributed by atoms with Gasteiger partial charge >= 0.3 is 5.97 Å². The zero-order chi connectivity index (χ0) is 16.1. The molecule has 0 unspecified atom stereocenters. The number of carbonyl (C=O) groups is 1. The number of hydrogen-bond acceptors (Lipinski definition) is 6. The molecule has 118 valence electrons. The minimum atomic E-state index is -0.396. The molecule has 2 aromatic rings. The quantitative estimate of drug-likeness (QED) is 0.813. The topological polar surface area (TPSA) is 86.5 Å². The van der Waals surface area contributed by atoms with Crippen molar-refractivity contribution in [2.75, 3.05) is 7.11 Å². The van der Waals surface area contributed by atoms with E-state index in [1.807, 2.05) is 0 Å². The molecule has 0 fully saturated rings. The molecule has 0 bridgehead atoms. The van der Waals surface area contributed by atoms with Gasteiger partial charge in [-0.05, 0) is 32.0 Å². The number of aliphatic hydroxyl groups is 1. The number of nitrogens with zero attached hydrogens (tertiary/aromatic N) is 3. The van der Waals surface area contributed by atoms with Gasteiger partial charge in [0.15, 0.2) is 0 Å². The van der Waals surface area contributed by atoms with Gasteiger partial charge in [0, 0.05) is 7.11 Å². The number of aliphatic hydroxyl groups excluding tert-OH is 1. The third kappa shape index (κ3) is 3.49. The van der Waals surface area contributed by atoms with Crippen molar-refractivity contribution in [3.05, 3.63) is 41.2 Å². The Morgan fingerprint density at radius 1 is 1.41 bits per heavy atom. The van der Waals surface area contributed by atoms with Crippen LogP contribution >= 0.6 is 0 Å². The number of rotatable bonds is 6. The lowest BCUT2D eigenvalue weighted by Crippen LogP contribution is -2.12. The molecule has 0 spiro atoms. The second-order valence-electron chi connectivity index (χ2n) is 4.99. The number of ether oxygens (including phenoxy) is 2. The van der Waals surface area contributed by atoms with Gasteiger partial charge < -0.3 is 14.6 Å². The second-order valence-corrected chi connectivity index (χ2v) is 4.99. The molecule has 0 amide bonds. The maximum atomic E-state index is 12.0. The van der Waals surface area contributed by atoms with Crippen molar-refractivity contribution in [1.82, 2.24) is 15.0 Å². The van der Waals surface area contributed by atoms with Crippen LogP contribution in [0.15, 0.2) is 24.3 Å². The SMILES string of the molecule is COCc1c(CO)nnn1-c1cccc(C(=O)OC(C)C)c1. The first-order valence-electron chi connectivity index (χ1n) is 6.91. The van der Waals surface area contributed by atoms with Gasteiger partial charge in [-0.3, -0.25) is 0 Å². The van der Waals surface area contributed by atoms with E-state index in [9.17, 15) is 9.90 Å². The summed E-state index contributed by atoms with van der Waals surface area (Å²) in [6.45, 7) is 3.62. The fourth-order valence-electron chi connectivity index (χ4n) is 1.99. The summed E-state index contributed by atoms with van der Waals surface area (Å²) in [7, 11) is 1.55. The van der Waals surface area contributed by atoms with Crippen LogP contribution in [0.1, 0.15) is 35.6 Å². The predicted molar refractivity (Wildman–Crippen MR) is 78.5 cm³/mol. The molecular weight excluding hydrogens is 286 g/mol. The summed E-state index contributed by atoms with van der Waals surface area (Å²) in [5.74, 6) is -0.396. The van der Waals surface area contributed by atoms with E-state index in [-0.39, 0.29) is 19.3 Å². The van der Waals surface area contributed by atoms with Crippen LogP contribution in [-0.2, 0) is 22.7 Å². The van der Waals surface area contributed by atoms with Crippen LogP contribution in [0, 0.1) is 0 Å². The summed E-state index contributed by atoms with van der Waals surface area (Å²) in [6.07, 6.45) is -0.187. The monoisotopic (exact) mass is 305 g/mol. The third-order valence-electron chi connectivity index (χ3n) is 2.94. The molecule has 0 aliphatic heterocycles. The van der Waals surface area contributed by atoms with Crippen LogP contribution in [-0.4, -0.2) is 39.3 Å². The summed E-state index contributed by atoms with van der Waals surface area (Å²) in [5.41, 5.74) is 2.16. The third-order valence-corrected chi connectivity index (χ3v) is 2.94. The molecule has 0 saturated heterocycles. The Bertz CT molecular complexity index is 652. The Morgan fingerprint density at radius 3 is 2.82 bits per heavy atom. The maximum Gasteiger partial charge on any atom is 0.338 e. The van der Waals surface area contributed by atoms with Crippen molar-refractivity contribution in [3.63, 3.8) is 0 Å². The van der Waals surface area contributed by atoms with Gasteiger partial charge in [0.1, 0.15) is 5.69 Å². The predicted octanol–water partition coefficient (Wildman–Crippen LogP) is 1.47. The summed E-state index contributed by atoms with van der Waals surface area (Å²) in [5, 5.41) is 17.2. The fraction of sp³-hybridized carbons (Fsp3) is 0.400. The first-order chi connectivity index (χ1) is 10.6. The van der Waals surface area contributed by atoms with Crippen molar-refractivity contribution in [1.29, 1.82) is 0 Å². The number of methoxy groups -OCH3 is 1. The lowest BCUT2D eigenvalue weighted by Gasteiger charge is -2.10. The highest BCUT2D eigenvalue weighted by atomic mass is 16.5. The lowest BCUT2D eigenvalue weighted by molar-refractivity contribution is 0.0378. The first kappa shape index (κ1) is 16.1. The molecule has 1 aromatic heterocycles. The summed E-state index contributed by atoms with van der Waals surface area (Å²) in [4.78, 5) is 12.0. The summed E-state index contributed by atoms with van der Waals surface area (Å²) < 4.78 is 11.8. The molecule has 0 aliphatic carbocycles. The fourth-order valence-corrected chi connectivity index (χ4v) is 1.99. The molecule has 0 radical (unpaired) electrons. The van der Waals surface area contributed by atoms with Crippen molar-refractivity contribution in [2.45, 2.75) is 33.2 Å². The molecule has 0 aliphatic rings. The van der Waals surface area contributed by atoms with E-state index in [4.69, 9.17) is 9.47 Å². The number of esters is 1. The molecule has 7 heteroatoms. The highest BCUT2D eigenvalue weighted by Gasteiger charge is 2.15. The minimum absolute atomic E-state index is 0.187. The van der Waals surface area contributed by atoms with Crippen LogP contribution in [0.5, 0.6) is 0 Å². The zero-order valence-electron chi connectivity index (χ0n) is 12.8. The van der Waals surface area contributed by atoms with E-state index in [2.05, 4.69) is 10.3 Å². The summed E-state index contributed by atoms with van der Waals surface area (Å²) in [6, 6.07) is 6.87. The van der Waals surface area contributed by atoms with Gasteiger partial charge in [0.2, 0.25) is 0 Å². The minimum Gasteiger partial charge on any atom is -0.459 e. The Labute approximate surface area is 128 Å². The van der Waals surface area contributed by atoms with Crippen molar-refractivity contribution in [3.8, 4) is 5.69 Å². The van der Waals surface area contributed by atoms with Gasteiger partial charge in [-0.1, -0.05) is 11.3 Å². The Balaban J connectivity index is 2.37. The van der Waals surface area contributed by atoms with Crippen LogP contribution in [0.2, 0.25) is 0 Å². The average Bonchev–Trinajstić information content (AvgIpc) is 2.90. The average molecular weight is 305 g/mol. The molecule has 0 atom stereocenters. The Morgan fingerprint density at radius 2 is 2.18 bits per heavy atom. The number of aromatic nitrogens is 3. The molecular formula is C15H19N3O4. The van der Waals surface area contributed by atoms with Gasteiger partial charge in [-0.25, -0.2) is 9.48 Å². The Kier molecular flexibility index (Phi) is 5.24. The van der Waals surface area contributed by atoms with E-state index in [0.717, 1.165) is 0 Å². The van der Waals surface area contributed by atoms with Gasteiger partial charge in [0.05, 0.1) is 36.3 Å². The number of carbonyl (C=O) groups excluding carboxylic acids is 1. The zero-order valence-corrected chi connectivity index (χ0v) is 12.8. The molecule has 22 heavy (non-hydrogen) atoms. The normalized spacial score (nSPS) is 11.0. The molecule has 1 aromatic carbocycles. The highest BCUT2D eigenvalue weighted by molar-refractivity contribution is 5.90. The van der Waals surface area contributed by atoms with Crippen LogP contribution in [0.4, 0.5) is 0 Å². The van der Waals surface area contributed by atoms with E-state index >= 15 is 0 Å². The van der Waals surface area contributed by atoms with Gasteiger partial charge in [-0.15, -0.1) is 5.10 Å². The molecule has 1 N–H and O–H groups in total. The standard InChI is InChI=1S/C15H19N3O4/c1-10(2)22-15(20)11-5-4-6-12(7-11)18-14(9-21-3)13(8-19)16-17-18/h4-7,10,19H,8-9H2,1-3H3. The van der Waals surface area contributed by atoms with Crippen LogP contribution in [0.3, 0.4) is 0 Å². The van der Waals surface area contributed by atoms with Crippen molar-refractivity contribution < 1.29 is 19.4 Å². The van der Waals surface area contributed by atoms with Crippen molar-refractivity contribution >= 4 is 5.97 Å². The molecule has 0 saturated carbocycles. The number of benzene rings is 1. The highest BCUT2D eigenvalue weighted by Crippen LogP contribution is 2.16. The molecule has 2 rings (SSSR count). The maximum absolute atomic E-state index is 12.0. The second kappa shape index (κ2) is 7.15. The largest absolute Gasteiger partial charge is 0.459 e. The van der Waals surface area contributed by atoms with E-state index in [0.29, 0.717) is 22.6 Å². The number of hydrogen-bond donors (Lipinski definition) is 1. The Hall–Kier alpha value is -2.25. The van der Waals surface area contributed by atoms with Gasteiger partial charge in [0.25, 0.3) is 0 Å². The molecule has 7 nitrogen and oxygen atoms in total. The van der Waals surface area contributed by atoms with Gasteiger partial charge in [-0.2, -0.15) is 0 Å². The lowest BCUT2D eigenvalue weighted by atomic mass is 10.2. The summed E-state index contributed by atoms with van der Waals surface area (Å²) >= 11 is 0. The van der Waals surface area contributed by atoms with E-state index in [1.54, 1.807) is 49.9 Å². The smallest absolute Gasteiger partial charge is 0.338 e. The van der Waals surface area contributed by atoms with E-state index in [1.165, 1.54) is 0 Å².